The van der Waals surface area contributed by atoms with Gasteiger partial charge < -0.3 is 35.8 Å². The molecule has 2 bridgehead atoms. The van der Waals surface area contributed by atoms with E-state index in [9.17, 15) is 24.9 Å². The lowest BCUT2D eigenvalue weighted by atomic mass is 9.86. The average Bonchev–Trinajstić information content (AvgIpc) is 2.83. The van der Waals surface area contributed by atoms with E-state index in [1.54, 1.807) is 19.1 Å². The van der Waals surface area contributed by atoms with Gasteiger partial charge in [0.1, 0.15) is 11.9 Å². The molecular weight excluding hydrogens is 476 g/mol. The number of aliphatic hydroxyl groups excluding tert-OH is 2. The molecule has 0 saturated heterocycles. The van der Waals surface area contributed by atoms with Crippen molar-refractivity contribution in [3.8, 4) is 5.75 Å². The molecule has 2 rings (SSSR count). The number of methoxy groups -OCH3 is 1. The number of phenols is 1. The summed E-state index contributed by atoms with van der Waals surface area (Å²) in [6, 6.07) is 4.50. The Hall–Kier alpha value is -2.88. The first kappa shape index (κ1) is 30.3. The van der Waals surface area contributed by atoms with Crippen molar-refractivity contribution in [3.05, 3.63) is 47.1 Å². The molecule has 1 aromatic rings. The number of nitrogens with one attached hydrogen (secondary N) is 1. The van der Waals surface area contributed by atoms with Crippen LogP contribution in [0.3, 0.4) is 0 Å². The summed E-state index contributed by atoms with van der Waals surface area (Å²) in [6.07, 6.45) is 1.20. The number of amides is 2. The van der Waals surface area contributed by atoms with E-state index in [-0.39, 0.29) is 29.4 Å². The number of allylic oxidation sites excluding steroid dienone is 1. The smallest absolute Gasteiger partial charge is 0.405 e. The number of phenolic OH excluding ortho intramolecular Hbond substituents is 1. The molecule has 0 radical (unpaired) electrons. The van der Waals surface area contributed by atoms with E-state index in [0.717, 1.165) is 5.57 Å². The molecule has 0 aromatic heterocycles. The van der Waals surface area contributed by atoms with Gasteiger partial charge in [0.2, 0.25) is 0 Å². The minimum atomic E-state index is -0.979. The van der Waals surface area contributed by atoms with Crippen LogP contribution in [0.2, 0.25) is 0 Å². The van der Waals surface area contributed by atoms with Gasteiger partial charge in [-0.2, -0.15) is 0 Å². The van der Waals surface area contributed by atoms with Crippen molar-refractivity contribution in [2.45, 2.75) is 78.3 Å². The molecule has 1 aromatic carbocycles. The van der Waals surface area contributed by atoms with Crippen molar-refractivity contribution in [2.75, 3.05) is 12.4 Å². The second-order valence-electron chi connectivity index (χ2n) is 10.3. The predicted octanol–water partition coefficient (Wildman–Crippen LogP) is 4.19. The fourth-order valence-electron chi connectivity index (χ4n) is 4.84. The second-order valence-corrected chi connectivity index (χ2v) is 10.3. The molecule has 206 valence electrons. The van der Waals surface area contributed by atoms with Crippen LogP contribution >= 0.6 is 0 Å². The number of ether oxygens (including phenoxy) is 2. The number of fused-ring (bicyclic) bond motifs is 2. The number of carbonyl (C=O) groups is 2. The average molecular weight is 519 g/mol. The molecule has 0 fully saturated rings. The lowest BCUT2D eigenvalue weighted by Crippen LogP contribution is -2.36. The van der Waals surface area contributed by atoms with Crippen molar-refractivity contribution in [1.82, 2.24) is 0 Å². The van der Waals surface area contributed by atoms with Crippen LogP contribution in [0.1, 0.15) is 65.5 Å². The highest BCUT2D eigenvalue weighted by Crippen LogP contribution is 2.33. The summed E-state index contributed by atoms with van der Waals surface area (Å²) in [4.78, 5) is 24.4. The Morgan fingerprint density at radius 3 is 2.41 bits per heavy atom. The molecule has 1 aliphatic rings. The van der Waals surface area contributed by atoms with Crippen molar-refractivity contribution in [1.29, 1.82) is 0 Å². The number of aromatic hydroxyl groups is 1. The maximum atomic E-state index is 12.8. The van der Waals surface area contributed by atoms with Crippen LogP contribution in [0.5, 0.6) is 5.75 Å². The summed E-state index contributed by atoms with van der Waals surface area (Å²) in [5.74, 6) is -1.22. The monoisotopic (exact) mass is 518 g/mol. The fraction of sp³-hybridized carbons (Fsp3) is 0.571. The standard InChI is InChI=1S/C28H42N2O7/c1-15-8-7-9-16(2)27(34)30-21-12-20(13-22(31)14-21)24(32)18(4)11-23(36-6)25(33)17(3)10-19(5)26(15)37-28(29)35/h9-10,12-15,17-18,23-26,31-33H,7-8,11H2,1-6H3,(H2,29,35)(H,30,34). The fourth-order valence-corrected chi connectivity index (χ4v) is 4.84. The van der Waals surface area contributed by atoms with Gasteiger partial charge in [0.25, 0.3) is 5.91 Å². The van der Waals surface area contributed by atoms with Crippen LogP contribution in [-0.2, 0) is 14.3 Å². The van der Waals surface area contributed by atoms with Gasteiger partial charge >= 0.3 is 6.09 Å². The molecule has 2 amide bonds. The van der Waals surface area contributed by atoms with Gasteiger partial charge in [-0.25, -0.2) is 4.79 Å². The SMILES string of the molecule is COC1CC(C)C(O)c2cc(O)cc(c2)NC(=O)C(C)=CCCC(C)C(OC(N)=O)C(C)=CC(C)C1O. The van der Waals surface area contributed by atoms with E-state index >= 15 is 0 Å². The summed E-state index contributed by atoms with van der Waals surface area (Å²) in [7, 11) is 1.50. The maximum Gasteiger partial charge on any atom is 0.405 e. The van der Waals surface area contributed by atoms with Gasteiger partial charge in [0, 0.05) is 30.4 Å². The first-order valence-corrected chi connectivity index (χ1v) is 12.7. The maximum absolute atomic E-state index is 12.8. The highest BCUT2D eigenvalue weighted by Gasteiger charge is 2.30. The van der Waals surface area contributed by atoms with Gasteiger partial charge in [-0.15, -0.1) is 0 Å². The summed E-state index contributed by atoms with van der Waals surface area (Å²) < 4.78 is 11.0. The van der Waals surface area contributed by atoms with Crippen LogP contribution in [0.15, 0.2) is 41.5 Å². The van der Waals surface area contributed by atoms with Gasteiger partial charge in [-0.3, -0.25) is 4.79 Å². The van der Waals surface area contributed by atoms with Crippen LogP contribution in [0.25, 0.3) is 0 Å². The molecule has 0 saturated carbocycles. The summed E-state index contributed by atoms with van der Waals surface area (Å²) in [5, 5.41) is 35.1. The number of primary amides is 1. The highest BCUT2D eigenvalue weighted by atomic mass is 16.6. The van der Waals surface area contributed by atoms with Crippen molar-refractivity contribution >= 4 is 17.7 Å². The van der Waals surface area contributed by atoms with E-state index in [2.05, 4.69) is 5.32 Å². The molecule has 7 atom stereocenters. The third-order valence-electron chi connectivity index (χ3n) is 7.07. The van der Waals surface area contributed by atoms with Crippen LogP contribution in [0, 0.1) is 17.8 Å². The number of aliphatic hydroxyl groups is 2. The summed E-state index contributed by atoms with van der Waals surface area (Å²) in [6.45, 7) is 9.14. The third-order valence-corrected chi connectivity index (χ3v) is 7.07. The first-order valence-electron chi connectivity index (χ1n) is 12.7. The number of anilines is 1. The molecule has 9 heteroatoms. The Bertz CT molecular complexity index is 1010. The number of hydrogen-bond donors (Lipinski definition) is 5. The van der Waals surface area contributed by atoms with Crippen molar-refractivity contribution in [3.63, 3.8) is 0 Å². The normalized spacial score (nSPS) is 30.6. The zero-order valence-corrected chi connectivity index (χ0v) is 22.6. The van der Waals surface area contributed by atoms with E-state index in [1.807, 2.05) is 33.8 Å². The Balaban J connectivity index is 2.48. The lowest BCUT2D eigenvalue weighted by Gasteiger charge is -2.30. The van der Waals surface area contributed by atoms with E-state index in [1.165, 1.54) is 19.2 Å². The molecule has 1 aliphatic heterocycles. The minimum Gasteiger partial charge on any atom is -0.508 e. The largest absolute Gasteiger partial charge is 0.508 e. The molecule has 0 spiro atoms. The molecule has 9 nitrogen and oxygen atoms in total. The van der Waals surface area contributed by atoms with Crippen LogP contribution in [0.4, 0.5) is 10.5 Å². The lowest BCUT2D eigenvalue weighted by molar-refractivity contribution is -0.112. The summed E-state index contributed by atoms with van der Waals surface area (Å²) >= 11 is 0. The first-order chi connectivity index (χ1) is 17.3. The van der Waals surface area contributed by atoms with Crippen LogP contribution < -0.4 is 11.1 Å². The van der Waals surface area contributed by atoms with E-state index in [0.29, 0.717) is 36.1 Å². The molecule has 0 aliphatic carbocycles. The number of rotatable bonds is 2. The molecule has 37 heavy (non-hydrogen) atoms. The number of carbonyl (C=O) groups excluding carboxylic acids is 2. The number of hydrogen-bond acceptors (Lipinski definition) is 7. The van der Waals surface area contributed by atoms with Gasteiger partial charge in [0.05, 0.1) is 18.3 Å². The number of nitrogens with two attached hydrogens (primary N) is 1. The molecule has 6 N–H and O–H groups in total. The zero-order chi connectivity index (χ0) is 27.9. The predicted molar refractivity (Wildman–Crippen MR) is 142 cm³/mol. The quantitative estimate of drug-likeness (QED) is 0.368. The zero-order valence-electron chi connectivity index (χ0n) is 22.6. The van der Waals surface area contributed by atoms with E-state index < -0.39 is 30.5 Å². The van der Waals surface area contributed by atoms with Crippen LogP contribution in [-0.4, -0.2) is 52.7 Å². The topological polar surface area (TPSA) is 151 Å². The Kier molecular flexibility index (Phi) is 11.2. The Labute approximate surface area is 219 Å². The Morgan fingerprint density at radius 2 is 1.78 bits per heavy atom. The molecule has 7 unspecified atom stereocenters. The van der Waals surface area contributed by atoms with Crippen molar-refractivity contribution in [2.24, 2.45) is 23.5 Å². The van der Waals surface area contributed by atoms with Crippen molar-refractivity contribution < 1.29 is 34.4 Å². The minimum absolute atomic E-state index is 0.0848. The summed E-state index contributed by atoms with van der Waals surface area (Å²) in [5.41, 5.74) is 7.38. The van der Waals surface area contributed by atoms with E-state index in [4.69, 9.17) is 15.2 Å². The third kappa shape index (κ3) is 8.59. The molecule has 1 heterocycles. The second kappa shape index (κ2) is 13.6. The Morgan fingerprint density at radius 1 is 1.11 bits per heavy atom. The van der Waals surface area contributed by atoms with Gasteiger partial charge in [-0.1, -0.05) is 32.9 Å². The molecular formula is C28H42N2O7. The van der Waals surface area contributed by atoms with Gasteiger partial charge in [0.15, 0.2) is 0 Å². The van der Waals surface area contributed by atoms with Gasteiger partial charge in [-0.05, 0) is 68.2 Å². The number of benzene rings is 1. The highest BCUT2D eigenvalue weighted by molar-refractivity contribution is 6.03.